The quantitative estimate of drug-likeness (QED) is 0.660. The molecule has 6 nitrogen and oxygen atoms in total. The molecule has 0 spiro atoms. The topological polar surface area (TPSA) is 95.6 Å². The van der Waals surface area contributed by atoms with Crippen LogP contribution in [0.1, 0.15) is 23.1 Å². The summed E-state index contributed by atoms with van der Waals surface area (Å²) in [6.45, 7) is -0.532. The molecule has 0 saturated heterocycles. The van der Waals surface area contributed by atoms with Crippen molar-refractivity contribution in [2.45, 2.75) is 12.6 Å². The fourth-order valence-electron chi connectivity index (χ4n) is 2.42. The minimum absolute atomic E-state index is 0.0399. The van der Waals surface area contributed by atoms with E-state index in [1.165, 1.54) is 18.2 Å². The lowest BCUT2D eigenvalue weighted by Gasteiger charge is -2.20. The van der Waals surface area contributed by atoms with Crippen LogP contribution in [0.15, 0.2) is 63.9 Å². The second-order valence-electron chi connectivity index (χ2n) is 5.26. The number of benzene rings is 1. The zero-order chi connectivity index (χ0) is 17.8. The Kier molecular flexibility index (Phi) is 4.76. The molecule has 0 aliphatic heterocycles. The minimum Gasteiger partial charge on any atom is -0.502 e. The summed E-state index contributed by atoms with van der Waals surface area (Å²) in [4.78, 5) is 16.0. The van der Waals surface area contributed by atoms with Crippen LogP contribution >= 0.6 is 0 Å². The number of rotatable bonds is 5. The van der Waals surface area contributed by atoms with Crippen molar-refractivity contribution < 1.29 is 19.0 Å². The average Bonchev–Trinajstić information content (AvgIpc) is 2.63. The maximum Gasteiger partial charge on any atom is 0.227 e. The van der Waals surface area contributed by atoms with Crippen molar-refractivity contribution in [3.05, 3.63) is 87.9 Å². The Balaban J connectivity index is 2.16. The number of aromatic nitrogens is 1. The van der Waals surface area contributed by atoms with Gasteiger partial charge >= 0.3 is 0 Å². The number of anilines is 1. The molecule has 2 aromatic heterocycles. The van der Waals surface area contributed by atoms with Crippen molar-refractivity contribution in [2.75, 3.05) is 5.32 Å². The van der Waals surface area contributed by atoms with Crippen molar-refractivity contribution in [3.8, 4) is 5.75 Å². The Labute approximate surface area is 142 Å². The van der Waals surface area contributed by atoms with Crippen LogP contribution in [0.3, 0.4) is 0 Å². The average molecular weight is 342 g/mol. The van der Waals surface area contributed by atoms with E-state index in [-0.39, 0.29) is 17.1 Å². The standard InChI is InChI=1S/C18H15FN2O4/c19-13-6-2-1-5-12(13)16(21-15-7-3-4-8-20-15)18-17(24)14(23)9-11(10-22)25-18/h1-9,16,22,24H,10H2,(H,20,21)/t16-/m0/s1. The van der Waals surface area contributed by atoms with Gasteiger partial charge in [-0.25, -0.2) is 9.37 Å². The SMILES string of the molecule is O=c1cc(CO)oc([C@@H](Nc2ccccn2)c2ccccc2F)c1O. The predicted molar refractivity (Wildman–Crippen MR) is 88.7 cm³/mol. The van der Waals surface area contributed by atoms with Crippen LogP contribution < -0.4 is 10.7 Å². The number of aromatic hydroxyl groups is 1. The van der Waals surface area contributed by atoms with Crippen LogP contribution in [-0.4, -0.2) is 15.2 Å². The molecule has 3 N–H and O–H groups in total. The molecule has 1 aromatic carbocycles. The number of pyridine rings is 1. The Morgan fingerprint density at radius 2 is 1.96 bits per heavy atom. The normalized spacial score (nSPS) is 11.9. The molecule has 0 amide bonds. The van der Waals surface area contributed by atoms with Gasteiger partial charge in [0, 0.05) is 17.8 Å². The van der Waals surface area contributed by atoms with Gasteiger partial charge in [0.15, 0.2) is 5.76 Å². The lowest BCUT2D eigenvalue weighted by Crippen LogP contribution is -2.18. The van der Waals surface area contributed by atoms with E-state index in [4.69, 9.17) is 4.42 Å². The molecule has 0 radical (unpaired) electrons. The zero-order valence-electron chi connectivity index (χ0n) is 13.0. The van der Waals surface area contributed by atoms with Crippen molar-refractivity contribution in [3.63, 3.8) is 0 Å². The Bertz CT molecular complexity index is 928. The van der Waals surface area contributed by atoms with Crippen LogP contribution in [0.4, 0.5) is 10.2 Å². The van der Waals surface area contributed by atoms with Crippen LogP contribution in [0.5, 0.6) is 5.75 Å². The van der Waals surface area contributed by atoms with E-state index in [0.29, 0.717) is 5.82 Å². The molecule has 0 aliphatic carbocycles. The molecule has 0 saturated carbocycles. The lowest BCUT2D eigenvalue weighted by molar-refractivity contribution is 0.234. The van der Waals surface area contributed by atoms with Gasteiger partial charge in [-0.1, -0.05) is 24.3 Å². The van der Waals surface area contributed by atoms with Gasteiger partial charge in [-0.15, -0.1) is 0 Å². The van der Waals surface area contributed by atoms with Crippen LogP contribution in [0, 0.1) is 5.82 Å². The van der Waals surface area contributed by atoms with E-state index in [1.54, 1.807) is 30.5 Å². The summed E-state index contributed by atoms with van der Waals surface area (Å²) < 4.78 is 19.8. The van der Waals surface area contributed by atoms with Gasteiger partial charge in [-0.05, 0) is 18.2 Å². The van der Waals surface area contributed by atoms with Gasteiger partial charge in [0.25, 0.3) is 0 Å². The predicted octanol–water partition coefficient (Wildman–Crippen LogP) is 2.57. The number of hydrogen-bond acceptors (Lipinski definition) is 6. The molecule has 3 aromatic rings. The molecule has 3 rings (SSSR count). The van der Waals surface area contributed by atoms with E-state index < -0.39 is 29.6 Å². The lowest BCUT2D eigenvalue weighted by atomic mass is 10.0. The molecule has 0 fully saturated rings. The number of nitrogens with zero attached hydrogens (tertiary/aromatic N) is 1. The van der Waals surface area contributed by atoms with Gasteiger partial charge in [0.05, 0.1) is 0 Å². The second-order valence-corrected chi connectivity index (χ2v) is 5.26. The number of nitrogens with one attached hydrogen (secondary N) is 1. The van der Waals surface area contributed by atoms with Gasteiger partial charge in [0.1, 0.15) is 30.0 Å². The molecule has 25 heavy (non-hydrogen) atoms. The fourth-order valence-corrected chi connectivity index (χ4v) is 2.42. The Hall–Kier alpha value is -3.19. The van der Waals surface area contributed by atoms with E-state index >= 15 is 0 Å². The number of hydrogen-bond donors (Lipinski definition) is 3. The molecule has 1 atom stereocenters. The van der Waals surface area contributed by atoms with Crippen LogP contribution in [-0.2, 0) is 6.61 Å². The summed E-state index contributed by atoms with van der Waals surface area (Å²) in [5.74, 6) is -1.05. The third-order valence-electron chi connectivity index (χ3n) is 3.59. The highest BCUT2D eigenvalue weighted by Gasteiger charge is 2.26. The highest BCUT2D eigenvalue weighted by atomic mass is 19.1. The maximum atomic E-state index is 14.3. The van der Waals surface area contributed by atoms with E-state index in [2.05, 4.69) is 10.3 Å². The molecule has 128 valence electrons. The first-order valence-corrected chi connectivity index (χ1v) is 7.49. The second kappa shape index (κ2) is 7.14. The Morgan fingerprint density at radius 3 is 2.64 bits per heavy atom. The fraction of sp³-hybridized carbons (Fsp3) is 0.111. The summed E-state index contributed by atoms with van der Waals surface area (Å²) in [6, 6.07) is 11.0. The van der Waals surface area contributed by atoms with E-state index in [0.717, 1.165) is 6.07 Å². The third-order valence-corrected chi connectivity index (χ3v) is 3.59. The first kappa shape index (κ1) is 16.7. The van der Waals surface area contributed by atoms with E-state index in [9.17, 15) is 19.4 Å². The van der Waals surface area contributed by atoms with Gasteiger partial charge in [0.2, 0.25) is 11.2 Å². The first-order chi connectivity index (χ1) is 12.1. The Morgan fingerprint density at radius 1 is 1.20 bits per heavy atom. The van der Waals surface area contributed by atoms with Crippen molar-refractivity contribution in [1.29, 1.82) is 0 Å². The molecular weight excluding hydrogens is 327 g/mol. The molecule has 0 unspecified atom stereocenters. The summed E-state index contributed by atoms with van der Waals surface area (Å²) in [6.07, 6.45) is 1.54. The first-order valence-electron chi connectivity index (χ1n) is 7.49. The van der Waals surface area contributed by atoms with Crippen LogP contribution in [0.25, 0.3) is 0 Å². The van der Waals surface area contributed by atoms with Gasteiger partial charge < -0.3 is 19.9 Å². The highest BCUT2D eigenvalue weighted by Crippen LogP contribution is 2.32. The number of aliphatic hydroxyl groups excluding tert-OH is 1. The summed E-state index contributed by atoms with van der Waals surface area (Å²) in [7, 11) is 0. The van der Waals surface area contributed by atoms with Crippen LogP contribution in [0.2, 0.25) is 0 Å². The third kappa shape index (κ3) is 3.51. The summed E-state index contributed by atoms with van der Waals surface area (Å²) in [5.41, 5.74) is -0.573. The monoisotopic (exact) mass is 342 g/mol. The maximum absolute atomic E-state index is 14.3. The molecule has 0 bridgehead atoms. The van der Waals surface area contributed by atoms with Gasteiger partial charge in [-0.2, -0.15) is 0 Å². The smallest absolute Gasteiger partial charge is 0.227 e. The summed E-state index contributed by atoms with van der Waals surface area (Å²) in [5, 5.41) is 22.3. The highest BCUT2D eigenvalue weighted by molar-refractivity contribution is 5.45. The van der Waals surface area contributed by atoms with Crippen molar-refractivity contribution in [1.82, 2.24) is 4.98 Å². The molecular formula is C18H15FN2O4. The summed E-state index contributed by atoms with van der Waals surface area (Å²) >= 11 is 0. The van der Waals surface area contributed by atoms with Crippen molar-refractivity contribution in [2.24, 2.45) is 0 Å². The molecule has 0 aliphatic rings. The van der Waals surface area contributed by atoms with E-state index in [1.807, 2.05) is 0 Å². The zero-order valence-corrected chi connectivity index (χ0v) is 13.0. The molecule has 2 heterocycles. The minimum atomic E-state index is -1.02. The number of aliphatic hydroxyl groups is 1. The molecule has 7 heteroatoms. The largest absolute Gasteiger partial charge is 0.502 e. The van der Waals surface area contributed by atoms with Gasteiger partial charge in [-0.3, -0.25) is 4.79 Å². The van der Waals surface area contributed by atoms with Crippen molar-refractivity contribution >= 4 is 5.82 Å². The number of halogens is 1.